The molecular weight excluding hydrogens is 408 g/mol. The predicted octanol–water partition coefficient (Wildman–Crippen LogP) is 4.30. The van der Waals surface area contributed by atoms with Gasteiger partial charge in [0.1, 0.15) is 0 Å². The Bertz CT molecular complexity index is 1020. The zero-order valence-electron chi connectivity index (χ0n) is 19.0. The fourth-order valence-electron chi connectivity index (χ4n) is 4.20. The summed E-state index contributed by atoms with van der Waals surface area (Å²) in [5.41, 5.74) is 2.59. The summed E-state index contributed by atoms with van der Waals surface area (Å²) in [4.78, 5) is 13.3. The Balaban J connectivity index is 1.70. The molecule has 0 aliphatic carbocycles. The van der Waals surface area contributed by atoms with E-state index in [2.05, 4.69) is 19.2 Å². The van der Waals surface area contributed by atoms with Crippen molar-refractivity contribution >= 4 is 15.9 Å². The van der Waals surface area contributed by atoms with Crippen LogP contribution in [-0.4, -0.2) is 31.7 Å². The van der Waals surface area contributed by atoms with Gasteiger partial charge >= 0.3 is 0 Å². The van der Waals surface area contributed by atoms with E-state index in [4.69, 9.17) is 0 Å². The van der Waals surface area contributed by atoms with E-state index in [1.165, 1.54) is 4.31 Å². The number of benzene rings is 2. The van der Waals surface area contributed by atoms with Crippen LogP contribution in [0.4, 0.5) is 0 Å². The summed E-state index contributed by atoms with van der Waals surface area (Å²) in [7, 11) is -3.63. The maximum Gasteiger partial charge on any atom is 0.243 e. The second kappa shape index (κ2) is 9.53. The van der Waals surface area contributed by atoms with Gasteiger partial charge in [-0.15, -0.1) is 0 Å². The molecule has 0 radical (unpaired) electrons. The number of rotatable bonds is 7. The highest BCUT2D eigenvalue weighted by molar-refractivity contribution is 7.89. The van der Waals surface area contributed by atoms with Gasteiger partial charge in [-0.2, -0.15) is 4.31 Å². The van der Waals surface area contributed by atoms with Crippen molar-refractivity contribution in [2.45, 2.75) is 58.4 Å². The SMILES string of the molecule is Cc1ccccc1CNC(=O)[C@@]1(C)CCCN(S(=O)(=O)c2ccc(CC(C)C)cc2)C1. The summed E-state index contributed by atoms with van der Waals surface area (Å²) in [5, 5.41) is 3.03. The van der Waals surface area contributed by atoms with Gasteiger partial charge in [0.2, 0.25) is 15.9 Å². The Hall–Kier alpha value is -2.18. The lowest BCUT2D eigenvalue weighted by molar-refractivity contribution is -0.132. The second-order valence-electron chi connectivity index (χ2n) is 9.35. The third-order valence-corrected chi connectivity index (χ3v) is 7.97. The lowest BCUT2D eigenvalue weighted by Crippen LogP contribution is -2.51. The number of nitrogens with zero attached hydrogens (tertiary/aromatic N) is 1. The van der Waals surface area contributed by atoms with Crippen LogP contribution >= 0.6 is 0 Å². The van der Waals surface area contributed by atoms with Crippen molar-refractivity contribution < 1.29 is 13.2 Å². The molecule has 1 N–H and O–H groups in total. The quantitative estimate of drug-likeness (QED) is 0.695. The Kier molecular flexibility index (Phi) is 7.22. The van der Waals surface area contributed by atoms with Crippen LogP contribution in [0, 0.1) is 18.3 Å². The van der Waals surface area contributed by atoms with E-state index in [0.29, 0.717) is 36.7 Å². The molecule has 0 spiro atoms. The molecule has 1 aliphatic heterocycles. The van der Waals surface area contributed by atoms with Crippen molar-refractivity contribution in [3.63, 3.8) is 0 Å². The van der Waals surface area contributed by atoms with Crippen LogP contribution in [0.15, 0.2) is 53.4 Å². The lowest BCUT2D eigenvalue weighted by Gasteiger charge is -2.38. The van der Waals surface area contributed by atoms with E-state index in [-0.39, 0.29) is 12.5 Å². The van der Waals surface area contributed by atoms with Crippen molar-refractivity contribution in [3.05, 3.63) is 65.2 Å². The molecule has 168 valence electrons. The molecule has 1 saturated heterocycles. The van der Waals surface area contributed by atoms with Gasteiger partial charge in [-0.05, 0) is 67.9 Å². The molecule has 0 saturated carbocycles. The van der Waals surface area contributed by atoms with Crippen LogP contribution in [0.25, 0.3) is 0 Å². The number of amides is 1. The van der Waals surface area contributed by atoms with Crippen molar-refractivity contribution in [2.75, 3.05) is 13.1 Å². The molecule has 1 heterocycles. The monoisotopic (exact) mass is 442 g/mol. The van der Waals surface area contributed by atoms with Gasteiger partial charge < -0.3 is 5.32 Å². The van der Waals surface area contributed by atoms with Gasteiger partial charge in [-0.1, -0.05) is 50.2 Å². The molecule has 1 aliphatic rings. The molecule has 31 heavy (non-hydrogen) atoms. The fraction of sp³-hybridized carbons (Fsp3) is 0.480. The second-order valence-corrected chi connectivity index (χ2v) is 11.3. The number of hydrogen-bond acceptors (Lipinski definition) is 3. The molecule has 2 aromatic rings. The normalized spacial score (nSPS) is 20.0. The van der Waals surface area contributed by atoms with Crippen molar-refractivity contribution in [1.29, 1.82) is 0 Å². The topological polar surface area (TPSA) is 66.5 Å². The first-order valence-electron chi connectivity index (χ1n) is 11.0. The molecule has 1 fully saturated rings. The zero-order chi connectivity index (χ0) is 22.6. The zero-order valence-corrected chi connectivity index (χ0v) is 19.8. The minimum Gasteiger partial charge on any atom is -0.352 e. The molecule has 0 bridgehead atoms. The third-order valence-electron chi connectivity index (χ3n) is 6.12. The molecule has 0 unspecified atom stereocenters. The van der Waals surface area contributed by atoms with Crippen LogP contribution in [0.3, 0.4) is 0 Å². The van der Waals surface area contributed by atoms with Gasteiger partial charge in [-0.25, -0.2) is 8.42 Å². The number of nitrogens with one attached hydrogen (secondary N) is 1. The molecule has 6 heteroatoms. The van der Waals surface area contributed by atoms with E-state index >= 15 is 0 Å². The Morgan fingerprint density at radius 2 is 1.81 bits per heavy atom. The molecular formula is C25H34N2O3S. The number of aryl methyl sites for hydroxylation is 1. The van der Waals surface area contributed by atoms with Gasteiger partial charge in [0, 0.05) is 19.6 Å². The lowest BCUT2D eigenvalue weighted by atomic mass is 9.82. The van der Waals surface area contributed by atoms with Gasteiger partial charge in [0.05, 0.1) is 10.3 Å². The highest BCUT2D eigenvalue weighted by Gasteiger charge is 2.41. The van der Waals surface area contributed by atoms with Crippen LogP contribution in [0.5, 0.6) is 0 Å². The standard InChI is InChI=1S/C25H34N2O3S/c1-19(2)16-21-10-12-23(13-11-21)31(29,30)27-15-7-14-25(4,18-27)24(28)26-17-22-9-6-5-8-20(22)3/h5-6,8-13,19H,7,14-18H2,1-4H3,(H,26,28)/t25-/m0/s1. The number of sulfonamides is 1. The molecule has 3 rings (SSSR count). The Morgan fingerprint density at radius 3 is 2.45 bits per heavy atom. The van der Waals surface area contributed by atoms with E-state index in [0.717, 1.165) is 23.1 Å². The first kappa shape index (κ1) is 23.5. The van der Waals surface area contributed by atoms with Crippen LogP contribution in [0.1, 0.15) is 50.3 Å². The minimum atomic E-state index is -3.63. The van der Waals surface area contributed by atoms with Crippen molar-refractivity contribution in [2.24, 2.45) is 11.3 Å². The smallest absolute Gasteiger partial charge is 0.243 e. The van der Waals surface area contributed by atoms with E-state index in [1.807, 2.05) is 50.2 Å². The van der Waals surface area contributed by atoms with Gasteiger partial charge in [-0.3, -0.25) is 4.79 Å². The van der Waals surface area contributed by atoms with E-state index in [1.54, 1.807) is 12.1 Å². The summed E-state index contributed by atoms with van der Waals surface area (Å²) in [5.74, 6) is 0.423. The summed E-state index contributed by atoms with van der Waals surface area (Å²) in [6, 6.07) is 15.1. The predicted molar refractivity (Wildman–Crippen MR) is 124 cm³/mol. The van der Waals surface area contributed by atoms with Crippen molar-refractivity contribution in [3.8, 4) is 0 Å². The maximum absolute atomic E-state index is 13.2. The Labute approximate surface area is 186 Å². The average Bonchev–Trinajstić information content (AvgIpc) is 2.73. The van der Waals surface area contributed by atoms with E-state index < -0.39 is 15.4 Å². The summed E-state index contributed by atoms with van der Waals surface area (Å²) in [6.07, 6.45) is 2.26. The van der Waals surface area contributed by atoms with Crippen LogP contribution < -0.4 is 5.32 Å². The van der Waals surface area contributed by atoms with Gasteiger partial charge in [0.25, 0.3) is 0 Å². The number of piperidine rings is 1. The number of carbonyl (C=O) groups excluding carboxylic acids is 1. The van der Waals surface area contributed by atoms with Gasteiger partial charge in [0.15, 0.2) is 0 Å². The summed E-state index contributed by atoms with van der Waals surface area (Å²) < 4.78 is 28.0. The highest BCUT2D eigenvalue weighted by atomic mass is 32.2. The molecule has 1 amide bonds. The summed E-state index contributed by atoms with van der Waals surface area (Å²) >= 11 is 0. The number of hydrogen-bond donors (Lipinski definition) is 1. The molecule has 2 aromatic carbocycles. The molecule has 1 atom stereocenters. The number of carbonyl (C=O) groups is 1. The molecule has 5 nitrogen and oxygen atoms in total. The Morgan fingerprint density at radius 1 is 1.13 bits per heavy atom. The summed E-state index contributed by atoms with van der Waals surface area (Å²) in [6.45, 7) is 9.26. The van der Waals surface area contributed by atoms with Crippen LogP contribution in [-0.2, 0) is 27.8 Å². The maximum atomic E-state index is 13.2. The fourth-order valence-corrected chi connectivity index (χ4v) is 5.80. The minimum absolute atomic E-state index is 0.0945. The highest BCUT2D eigenvalue weighted by Crippen LogP contribution is 2.33. The first-order valence-corrected chi connectivity index (χ1v) is 12.5. The first-order chi connectivity index (χ1) is 14.6. The van der Waals surface area contributed by atoms with Crippen molar-refractivity contribution in [1.82, 2.24) is 9.62 Å². The average molecular weight is 443 g/mol. The van der Waals surface area contributed by atoms with E-state index in [9.17, 15) is 13.2 Å². The van der Waals surface area contributed by atoms with Crippen LogP contribution in [0.2, 0.25) is 0 Å². The third kappa shape index (κ3) is 5.55. The molecule has 0 aromatic heterocycles. The largest absolute Gasteiger partial charge is 0.352 e.